The van der Waals surface area contributed by atoms with Gasteiger partial charge in [-0.05, 0) is 15.9 Å². The number of rotatable bonds is 1. The minimum atomic E-state index is -1.17. The maximum Gasteiger partial charge on any atom is 0.253 e. The molecule has 0 saturated carbocycles. The van der Waals surface area contributed by atoms with Crippen LogP contribution >= 0.6 is 27.5 Å². The third kappa shape index (κ3) is 1.55. The summed E-state index contributed by atoms with van der Waals surface area (Å²) < 4.78 is 26.1. The Morgan fingerprint density at radius 2 is 1.86 bits per heavy atom. The van der Waals surface area contributed by atoms with Crippen LogP contribution in [0.15, 0.2) is 4.47 Å². The summed E-state index contributed by atoms with van der Waals surface area (Å²) in [5.41, 5.74) is 8.55. The number of benzene rings is 1. The molecule has 1 rings (SSSR count). The lowest BCUT2D eigenvalue weighted by Crippen LogP contribution is -2.17. The maximum absolute atomic E-state index is 13.2. The predicted molar refractivity (Wildman–Crippen MR) is 52.0 cm³/mol. The molecule has 0 atom stereocenters. The molecule has 0 fully saturated rings. The second-order valence-corrected chi connectivity index (χ2v) is 3.58. The van der Waals surface area contributed by atoms with Crippen molar-refractivity contribution in [3.8, 4) is 0 Å². The minimum absolute atomic E-state index is 0.334. The van der Waals surface area contributed by atoms with Gasteiger partial charge in [0, 0.05) is 0 Å². The average Bonchev–Trinajstić information content (AvgIpc) is 2.11. The van der Waals surface area contributed by atoms with Gasteiger partial charge < -0.3 is 11.5 Å². The van der Waals surface area contributed by atoms with E-state index in [2.05, 4.69) is 15.9 Å². The molecular formula is C7H4BrClF2N2O. The molecule has 0 aliphatic heterocycles. The highest BCUT2D eigenvalue weighted by atomic mass is 79.9. The quantitative estimate of drug-likeness (QED) is 0.471. The van der Waals surface area contributed by atoms with Gasteiger partial charge in [0.1, 0.15) is 5.56 Å². The number of carbonyl (C=O) groups excluding carboxylic acids is 1. The normalized spacial score (nSPS) is 10.3. The number of hydrogen-bond acceptors (Lipinski definition) is 2. The number of amides is 1. The highest BCUT2D eigenvalue weighted by Gasteiger charge is 2.23. The summed E-state index contributed by atoms with van der Waals surface area (Å²) in [7, 11) is 0. The van der Waals surface area contributed by atoms with E-state index in [1.54, 1.807) is 0 Å². The van der Waals surface area contributed by atoms with Crippen LogP contribution in [0.2, 0.25) is 5.02 Å². The second kappa shape index (κ2) is 3.70. The van der Waals surface area contributed by atoms with Crippen molar-refractivity contribution >= 4 is 39.1 Å². The molecule has 0 aliphatic carbocycles. The number of primary amides is 1. The fourth-order valence-electron chi connectivity index (χ4n) is 0.890. The zero-order chi connectivity index (χ0) is 11.0. The first kappa shape index (κ1) is 11.2. The van der Waals surface area contributed by atoms with Gasteiger partial charge in [0.15, 0.2) is 11.6 Å². The van der Waals surface area contributed by atoms with E-state index >= 15 is 0 Å². The zero-order valence-electron chi connectivity index (χ0n) is 6.57. The molecule has 4 N–H and O–H groups in total. The number of halogens is 4. The molecule has 0 saturated heterocycles. The molecule has 7 heteroatoms. The fraction of sp³-hybridized carbons (Fsp3) is 0. The van der Waals surface area contributed by atoms with Crippen LogP contribution in [-0.2, 0) is 0 Å². The van der Waals surface area contributed by atoms with Crippen molar-refractivity contribution in [3.05, 3.63) is 26.7 Å². The molecule has 0 heterocycles. The van der Waals surface area contributed by atoms with Crippen LogP contribution in [0.1, 0.15) is 10.4 Å². The first-order valence-electron chi connectivity index (χ1n) is 3.29. The lowest BCUT2D eigenvalue weighted by molar-refractivity contribution is 0.0997. The van der Waals surface area contributed by atoms with Crippen LogP contribution in [0.25, 0.3) is 0 Å². The Bertz CT molecular complexity index is 396. The summed E-state index contributed by atoms with van der Waals surface area (Å²) >= 11 is 8.06. The lowest BCUT2D eigenvalue weighted by Gasteiger charge is -2.08. The van der Waals surface area contributed by atoms with Crippen molar-refractivity contribution in [2.24, 2.45) is 5.73 Å². The van der Waals surface area contributed by atoms with Crippen LogP contribution in [0, 0.1) is 11.6 Å². The third-order valence-corrected chi connectivity index (χ3v) is 2.88. The van der Waals surface area contributed by atoms with Crippen molar-refractivity contribution in [2.45, 2.75) is 0 Å². The smallest absolute Gasteiger partial charge is 0.253 e. The first-order valence-corrected chi connectivity index (χ1v) is 4.46. The summed E-state index contributed by atoms with van der Waals surface area (Å²) in [4.78, 5) is 10.7. The standard InChI is InChI=1S/C7H4BrClF2N2O/c8-2-3(9)4(10)1(7(13)14)6(12)5(2)11/h12H2,(H2,13,14). The highest BCUT2D eigenvalue weighted by molar-refractivity contribution is 9.10. The number of anilines is 1. The van der Waals surface area contributed by atoms with Crippen molar-refractivity contribution in [2.75, 3.05) is 5.73 Å². The van der Waals surface area contributed by atoms with E-state index in [1.165, 1.54) is 0 Å². The van der Waals surface area contributed by atoms with E-state index in [1.807, 2.05) is 0 Å². The summed E-state index contributed by atoms with van der Waals surface area (Å²) in [6.07, 6.45) is 0. The Balaban J connectivity index is 3.68. The molecule has 1 aromatic rings. The van der Waals surface area contributed by atoms with Crippen molar-refractivity contribution in [3.63, 3.8) is 0 Å². The molecule has 0 spiro atoms. The third-order valence-electron chi connectivity index (χ3n) is 1.55. The van der Waals surface area contributed by atoms with Crippen molar-refractivity contribution in [1.29, 1.82) is 0 Å². The van der Waals surface area contributed by atoms with Gasteiger partial charge in [0.25, 0.3) is 5.91 Å². The van der Waals surface area contributed by atoms with Crippen molar-refractivity contribution < 1.29 is 13.6 Å². The van der Waals surface area contributed by atoms with E-state index < -0.39 is 33.8 Å². The molecule has 1 amide bonds. The van der Waals surface area contributed by atoms with E-state index in [0.717, 1.165) is 0 Å². The van der Waals surface area contributed by atoms with Crippen molar-refractivity contribution in [1.82, 2.24) is 0 Å². The lowest BCUT2D eigenvalue weighted by atomic mass is 10.1. The monoisotopic (exact) mass is 284 g/mol. The number of carbonyl (C=O) groups is 1. The van der Waals surface area contributed by atoms with Crippen LogP contribution in [-0.4, -0.2) is 5.91 Å². The SMILES string of the molecule is NC(=O)c1c(N)c(F)c(Br)c(Cl)c1F. The zero-order valence-corrected chi connectivity index (χ0v) is 8.92. The Labute approximate surface area is 91.1 Å². The Kier molecular flexibility index (Phi) is 2.96. The van der Waals surface area contributed by atoms with E-state index in [-0.39, 0.29) is 4.47 Å². The number of hydrogen-bond donors (Lipinski definition) is 2. The summed E-state index contributed by atoms with van der Waals surface area (Å²) in [5, 5.41) is -0.564. The van der Waals surface area contributed by atoms with Gasteiger partial charge in [-0.25, -0.2) is 8.78 Å². The minimum Gasteiger partial charge on any atom is -0.396 e. The average molecular weight is 285 g/mol. The maximum atomic E-state index is 13.2. The molecule has 0 aromatic heterocycles. The number of nitrogens with two attached hydrogens (primary N) is 2. The Morgan fingerprint density at radius 3 is 2.29 bits per heavy atom. The molecule has 14 heavy (non-hydrogen) atoms. The molecule has 0 radical (unpaired) electrons. The van der Waals surface area contributed by atoms with E-state index in [9.17, 15) is 13.6 Å². The van der Waals surface area contributed by atoms with E-state index in [0.29, 0.717) is 0 Å². The van der Waals surface area contributed by atoms with Gasteiger partial charge in [0.05, 0.1) is 15.2 Å². The molecule has 1 aromatic carbocycles. The summed E-state index contributed by atoms with van der Waals surface area (Å²) in [5.74, 6) is -3.32. The first-order chi connectivity index (χ1) is 6.37. The van der Waals surface area contributed by atoms with Gasteiger partial charge in [-0.1, -0.05) is 11.6 Å². The van der Waals surface area contributed by atoms with Crippen LogP contribution < -0.4 is 11.5 Å². The fourth-order valence-corrected chi connectivity index (χ4v) is 1.45. The highest BCUT2D eigenvalue weighted by Crippen LogP contribution is 2.34. The molecule has 0 bridgehead atoms. The van der Waals surface area contributed by atoms with E-state index in [4.69, 9.17) is 23.1 Å². The van der Waals surface area contributed by atoms with Gasteiger partial charge >= 0.3 is 0 Å². The van der Waals surface area contributed by atoms with Gasteiger partial charge in [-0.2, -0.15) is 0 Å². The predicted octanol–water partition coefficient (Wildman–Crippen LogP) is 2.06. The summed E-state index contributed by atoms with van der Waals surface area (Å²) in [6, 6.07) is 0. The summed E-state index contributed by atoms with van der Waals surface area (Å²) in [6.45, 7) is 0. The Morgan fingerprint density at radius 1 is 1.36 bits per heavy atom. The number of nitrogen functional groups attached to an aromatic ring is 1. The Hall–Kier alpha value is -0.880. The van der Waals surface area contributed by atoms with Crippen LogP contribution in [0.5, 0.6) is 0 Å². The molecule has 0 aliphatic rings. The van der Waals surface area contributed by atoms with Crippen LogP contribution in [0.4, 0.5) is 14.5 Å². The van der Waals surface area contributed by atoms with Crippen LogP contribution in [0.3, 0.4) is 0 Å². The topological polar surface area (TPSA) is 69.1 Å². The molecule has 3 nitrogen and oxygen atoms in total. The molecule has 76 valence electrons. The molecular weight excluding hydrogens is 281 g/mol. The van der Waals surface area contributed by atoms with Gasteiger partial charge in [-0.15, -0.1) is 0 Å². The molecule has 0 unspecified atom stereocenters. The van der Waals surface area contributed by atoms with Gasteiger partial charge in [-0.3, -0.25) is 4.79 Å². The largest absolute Gasteiger partial charge is 0.396 e. The second-order valence-electron chi connectivity index (χ2n) is 2.41. The van der Waals surface area contributed by atoms with Gasteiger partial charge in [0.2, 0.25) is 0 Å².